The summed E-state index contributed by atoms with van der Waals surface area (Å²) in [5, 5.41) is 1.38. The summed E-state index contributed by atoms with van der Waals surface area (Å²) in [6, 6.07) is 11.5. The predicted octanol–water partition coefficient (Wildman–Crippen LogP) is 5.52. The summed E-state index contributed by atoms with van der Waals surface area (Å²) >= 11 is 7.81. The normalized spacial score (nSPS) is 11.1. The molecule has 4 rings (SSSR count). The molecule has 2 aromatic carbocycles. The quantitative estimate of drug-likeness (QED) is 0.324. The Morgan fingerprint density at radius 2 is 2.03 bits per heavy atom. The maximum Gasteiger partial charge on any atom is 0.233 e. The van der Waals surface area contributed by atoms with Gasteiger partial charge in [0.15, 0.2) is 5.13 Å². The number of hydrogen-bond donors (Lipinski definition) is 0. The number of rotatable bonds is 9. The molecule has 0 aliphatic carbocycles. The second kappa shape index (κ2) is 10.1. The maximum absolute atomic E-state index is 13.4. The number of aryl methyl sites for hydroxylation is 2. The predicted molar refractivity (Wildman–Crippen MR) is 130 cm³/mol. The van der Waals surface area contributed by atoms with Crippen molar-refractivity contribution >= 4 is 44.2 Å². The molecule has 0 saturated heterocycles. The number of imidazole rings is 1. The van der Waals surface area contributed by atoms with E-state index in [-0.39, 0.29) is 5.91 Å². The molecule has 0 N–H and O–H groups in total. The molecule has 0 atom stereocenters. The Balaban J connectivity index is 1.56. The van der Waals surface area contributed by atoms with Gasteiger partial charge in [-0.15, -0.1) is 0 Å². The lowest BCUT2D eigenvalue weighted by molar-refractivity contribution is -0.118. The monoisotopic (exact) mass is 468 g/mol. The molecular weight excluding hydrogens is 444 g/mol. The van der Waals surface area contributed by atoms with Crippen LogP contribution in [0.5, 0.6) is 5.75 Å². The molecule has 8 heteroatoms. The summed E-state index contributed by atoms with van der Waals surface area (Å²) in [5.41, 5.74) is 2.73. The molecule has 32 heavy (non-hydrogen) atoms. The van der Waals surface area contributed by atoms with Crippen molar-refractivity contribution in [3.8, 4) is 5.75 Å². The Morgan fingerprint density at radius 3 is 2.75 bits per heavy atom. The molecular formula is C24H25ClN4O2S. The molecule has 6 nitrogen and oxygen atoms in total. The number of anilines is 1. The van der Waals surface area contributed by atoms with E-state index in [0.717, 1.165) is 40.1 Å². The van der Waals surface area contributed by atoms with Crippen molar-refractivity contribution in [3.05, 3.63) is 71.3 Å². The van der Waals surface area contributed by atoms with Crippen molar-refractivity contribution in [1.82, 2.24) is 14.5 Å². The van der Waals surface area contributed by atoms with Crippen LogP contribution in [0.3, 0.4) is 0 Å². The largest absolute Gasteiger partial charge is 0.494 e. The van der Waals surface area contributed by atoms with Crippen molar-refractivity contribution in [2.45, 2.75) is 33.2 Å². The number of carbonyl (C=O) groups excluding carboxylic acids is 1. The van der Waals surface area contributed by atoms with Gasteiger partial charge in [-0.05, 0) is 55.7 Å². The van der Waals surface area contributed by atoms with E-state index in [1.807, 2.05) is 61.0 Å². The fourth-order valence-corrected chi connectivity index (χ4v) is 4.72. The molecule has 2 heterocycles. The van der Waals surface area contributed by atoms with Gasteiger partial charge < -0.3 is 9.30 Å². The third-order valence-corrected chi connectivity index (χ3v) is 6.67. The first-order valence-electron chi connectivity index (χ1n) is 10.6. The van der Waals surface area contributed by atoms with E-state index in [2.05, 4.69) is 4.98 Å². The zero-order chi connectivity index (χ0) is 22.5. The topological polar surface area (TPSA) is 60.2 Å². The molecule has 2 aromatic heterocycles. The van der Waals surface area contributed by atoms with Crippen LogP contribution in [0.4, 0.5) is 5.13 Å². The van der Waals surface area contributed by atoms with Gasteiger partial charge in [0, 0.05) is 30.5 Å². The number of aromatic nitrogens is 3. The minimum absolute atomic E-state index is 0.0163. The number of thiazole rings is 1. The summed E-state index contributed by atoms with van der Waals surface area (Å²) in [6.45, 7) is 5.87. The molecule has 1 amide bonds. The van der Waals surface area contributed by atoms with E-state index in [0.29, 0.717) is 29.7 Å². The molecule has 0 fully saturated rings. The lowest BCUT2D eigenvalue weighted by atomic mass is 10.1. The van der Waals surface area contributed by atoms with Crippen LogP contribution in [0.25, 0.3) is 10.2 Å². The molecule has 0 unspecified atom stereocenters. The average Bonchev–Trinajstić information content (AvgIpc) is 3.46. The van der Waals surface area contributed by atoms with Crippen molar-refractivity contribution in [1.29, 1.82) is 0 Å². The van der Waals surface area contributed by atoms with Crippen LogP contribution in [-0.2, 0) is 17.8 Å². The second-order valence-electron chi connectivity index (χ2n) is 7.47. The van der Waals surface area contributed by atoms with Gasteiger partial charge in [-0.1, -0.05) is 35.1 Å². The van der Waals surface area contributed by atoms with Crippen LogP contribution in [0.2, 0.25) is 5.02 Å². The number of hydrogen-bond acceptors (Lipinski definition) is 5. The molecule has 0 saturated carbocycles. The molecule has 0 aliphatic rings. The minimum atomic E-state index is 0.0163. The van der Waals surface area contributed by atoms with E-state index in [9.17, 15) is 4.79 Å². The second-order valence-corrected chi connectivity index (χ2v) is 8.89. The van der Waals surface area contributed by atoms with E-state index < -0.39 is 0 Å². The van der Waals surface area contributed by atoms with Gasteiger partial charge >= 0.3 is 0 Å². The lowest BCUT2D eigenvalue weighted by Gasteiger charge is -2.20. The fourth-order valence-electron chi connectivity index (χ4n) is 3.50. The van der Waals surface area contributed by atoms with Gasteiger partial charge in [-0.3, -0.25) is 9.69 Å². The van der Waals surface area contributed by atoms with Gasteiger partial charge in [0.05, 0.1) is 29.6 Å². The van der Waals surface area contributed by atoms with Crippen LogP contribution in [0.1, 0.15) is 24.5 Å². The summed E-state index contributed by atoms with van der Waals surface area (Å²) in [5.74, 6) is 0.821. The molecule has 0 spiro atoms. The minimum Gasteiger partial charge on any atom is -0.494 e. The van der Waals surface area contributed by atoms with Crippen molar-refractivity contribution in [2.24, 2.45) is 0 Å². The fraction of sp³-hybridized carbons (Fsp3) is 0.292. The SMILES string of the molecule is CCOc1ccc(CC(=O)N(CCCn2ccnc2)c2nc3c(C)c(Cl)ccc3s2)cc1. The number of halogens is 1. The van der Waals surface area contributed by atoms with Crippen LogP contribution >= 0.6 is 22.9 Å². The van der Waals surface area contributed by atoms with Gasteiger partial charge in [-0.25, -0.2) is 9.97 Å². The summed E-state index contributed by atoms with van der Waals surface area (Å²) in [4.78, 5) is 24.0. The number of benzene rings is 2. The van der Waals surface area contributed by atoms with Crippen LogP contribution in [0.15, 0.2) is 55.1 Å². The number of fused-ring (bicyclic) bond motifs is 1. The van der Waals surface area contributed by atoms with E-state index in [4.69, 9.17) is 21.3 Å². The van der Waals surface area contributed by atoms with E-state index in [1.54, 1.807) is 17.4 Å². The Labute approximate surface area is 196 Å². The summed E-state index contributed by atoms with van der Waals surface area (Å²) < 4.78 is 8.54. The zero-order valence-corrected chi connectivity index (χ0v) is 19.7. The maximum atomic E-state index is 13.4. The third kappa shape index (κ3) is 5.11. The first-order valence-corrected chi connectivity index (χ1v) is 11.8. The number of amides is 1. The summed E-state index contributed by atoms with van der Waals surface area (Å²) in [7, 11) is 0. The standard InChI is InChI=1S/C24H25ClN4O2S/c1-3-31-19-7-5-18(6-8-19)15-22(30)29(13-4-12-28-14-11-26-16-28)24-27-23-17(2)20(25)9-10-21(23)32-24/h5-11,14,16H,3-4,12-13,15H2,1-2H3. The van der Waals surface area contributed by atoms with Crippen LogP contribution in [0, 0.1) is 6.92 Å². The van der Waals surface area contributed by atoms with Crippen molar-refractivity contribution in [2.75, 3.05) is 18.1 Å². The van der Waals surface area contributed by atoms with Gasteiger partial charge in [0.25, 0.3) is 0 Å². The van der Waals surface area contributed by atoms with Crippen LogP contribution < -0.4 is 9.64 Å². The van der Waals surface area contributed by atoms with E-state index in [1.165, 1.54) is 11.3 Å². The molecule has 0 aliphatic heterocycles. The van der Waals surface area contributed by atoms with Gasteiger partial charge in [-0.2, -0.15) is 0 Å². The summed E-state index contributed by atoms with van der Waals surface area (Å²) in [6.07, 6.45) is 6.56. The Morgan fingerprint density at radius 1 is 1.22 bits per heavy atom. The van der Waals surface area contributed by atoms with Crippen molar-refractivity contribution in [3.63, 3.8) is 0 Å². The highest BCUT2D eigenvalue weighted by atomic mass is 35.5. The third-order valence-electron chi connectivity index (χ3n) is 5.22. The number of nitrogens with zero attached hydrogens (tertiary/aromatic N) is 4. The Bertz CT molecular complexity index is 1190. The molecule has 166 valence electrons. The van der Waals surface area contributed by atoms with E-state index >= 15 is 0 Å². The number of carbonyl (C=O) groups is 1. The van der Waals surface area contributed by atoms with Gasteiger partial charge in [0.1, 0.15) is 5.75 Å². The average molecular weight is 469 g/mol. The lowest BCUT2D eigenvalue weighted by Crippen LogP contribution is -2.33. The molecule has 4 aromatic rings. The first-order chi connectivity index (χ1) is 15.5. The van der Waals surface area contributed by atoms with Crippen LogP contribution in [-0.4, -0.2) is 33.6 Å². The van der Waals surface area contributed by atoms with Gasteiger partial charge in [0.2, 0.25) is 5.91 Å². The highest BCUT2D eigenvalue weighted by Gasteiger charge is 2.21. The first kappa shape index (κ1) is 22.3. The number of ether oxygens (including phenoxy) is 1. The Hall–Kier alpha value is -2.90. The highest BCUT2D eigenvalue weighted by Crippen LogP contribution is 2.34. The molecule has 0 bridgehead atoms. The zero-order valence-electron chi connectivity index (χ0n) is 18.1. The molecule has 0 radical (unpaired) electrons. The highest BCUT2D eigenvalue weighted by molar-refractivity contribution is 7.22. The Kier molecular flexibility index (Phi) is 7.07. The van der Waals surface area contributed by atoms with Crippen molar-refractivity contribution < 1.29 is 9.53 Å². The smallest absolute Gasteiger partial charge is 0.233 e.